The van der Waals surface area contributed by atoms with Gasteiger partial charge in [0.15, 0.2) is 0 Å². The Balaban J connectivity index is 1.49. The number of carbonyl (C=O) groups excluding carboxylic acids is 2. The molecule has 0 aliphatic carbocycles. The molecule has 0 bridgehead atoms. The first-order valence-electron chi connectivity index (χ1n) is 13.3. The van der Waals surface area contributed by atoms with Crippen molar-refractivity contribution in [3.05, 3.63) is 131 Å². The maximum atomic E-state index is 13.4. The Morgan fingerprint density at radius 3 is 2.08 bits per heavy atom. The highest BCUT2D eigenvalue weighted by molar-refractivity contribution is 5.95. The molecule has 2 atom stereocenters. The van der Waals surface area contributed by atoms with Crippen molar-refractivity contribution in [1.82, 2.24) is 10.6 Å². The zero-order valence-electron chi connectivity index (χ0n) is 22.5. The molecular formula is C34H33N3O3. The van der Waals surface area contributed by atoms with Gasteiger partial charge in [0.2, 0.25) is 5.91 Å². The van der Waals surface area contributed by atoms with Crippen LogP contribution in [-0.2, 0) is 24.2 Å². The van der Waals surface area contributed by atoms with Crippen molar-refractivity contribution < 1.29 is 14.7 Å². The Labute approximate surface area is 235 Å². The predicted octanol–water partition coefficient (Wildman–Crippen LogP) is 5.05. The third-order valence-electron chi connectivity index (χ3n) is 6.95. The average Bonchev–Trinajstić information content (AvgIpc) is 2.99. The van der Waals surface area contributed by atoms with Gasteiger partial charge in [0.1, 0.15) is 0 Å². The van der Waals surface area contributed by atoms with Crippen LogP contribution in [0.2, 0.25) is 0 Å². The Morgan fingerprint density at radius 1 is 0.800 bits per heavy atom. The molecule has 0 saturated carbocycles. The van der Waals surface area contributed by atoms with E-state index < -0.39 is 0 Å². The van der Waals surface area contributed by atoms with Crippen molar-refractivity contribution >= 4 is 11.8 Å². The van der Waals surface area contributed by atoms with Crippen LogP contribution in [-0.4, -0.2) is 29.6 Å². The SMILES string of the molecule is CC(=O)NCc1ccc(-c2ccc(C(=O)NC(Cc3ccccc3)C(CO)Cc3cccc(C#N)c3)cc2)cc1. The molecule has 2 amide bonds. The van der Waals surface area contributed by atoms with Crippen molar-refractivity contribution in [3.63, 3.8) is 0 Å². The molecule has 0 aliphatic rings. The van der Waals surface area contributed by atoms with Crippen LogP contribution in [0.1, 0.15) is 39.5 Å². The summed E-state index contributed by atoms with van der Waals surface area (Å²) in [6.07, 6.45) is 1.10. The highest BCUT2D eigenvalue weighted by Crippen LogP contribution is 2.22. The van der Waals surface area contributed by atoms with Crippen molar-refractivity contribution in [2.75, 3.05) is 6.61 Å². The Kier molecular flexibility index (Phi) is 9.82. The summed E-state index contributed by atoms with van der Waals surface area (Å²) in [7, 11) is 0. The smallest absolute Gasteiger partial charge is 0.251 e. The fourth-order valence-electron chi connectivity index (χ4n) is 4.72. The molecule has 202 valence electrons. The minimum absolute atomic E-state index is 0.0672. The molecule has 0 saturated heterocycles. The quantitative estimate of drug-likeness (QED) is 0.252. The topological polar surface area (TPSA) is 102 Å². The third kappa shape index (κ3) is 7.89. The van der Waals surface area contributed by atoms with E-state index in [0.717, 1.165) is 27.8 Å². The van der Waals surface area contributed by atoms with Gasteiger partial charge >= 0.3 is 0 Å². The number of amides is 2. The lowest BCUT2D eigenvalue weighted by atomic mass is 9.88. The number of nitrogens with zero attached hydrogens (tertiary/aromatic N) is 1. The lowest BCUT2D eigenvalue weighted by Gasteiger charge is -2.27. The predicted molar refractivity (Wildman–Crippen MR) is 156 cm³/mol. The number of aliphatic hydroxyl groups excluding tert-OH is 1. The summed E-state index contributed by atoms with van der Waals surface area (Å²) in [5.74, 6) is -0.516. The van der Waals surface area contributed by atoms with E-state index in [1.807, 2.05) is 84.9 Å². The van der Waals surface area contributed by atoms with Crippen LogP contribution in [0, 0.1) is 17.2 Å². The van der Waals surface area contributed by atoms with Gasteiger partial charge in [0.25, 0.3) is 5.91 Å². The summed E-state index contributed by atoms with van der Waals surface area (Å²) < 4.78 is 0. The second-order valence-corrected chi connectivity index (χ2v) is 9.91. The number of carbonyl (C=O) groups is 2. The largest absolute Gasteiger partial charge is 0.396 e. The van der Waals surface area contributed by atoms with Crippen molar-refractivity contribution in [2.24, 2.45) is 5.92 Å². The zero-order chi connectivity index (χ0) is 28.3. The van der Waals surface area contributed by atoms with E-state index in [1.54, 1.807) is 18.2 Å². The molecule has 6 heteroatoms. The van der Waals surface area contributed by atoms with Gasteiger partial charge in [0, 0.05) is 37.6 Å². The van der Waals surface area contributed by atoms with Crippen LogP contribution in [0.3, 0.4) is 0 Å². The fourth-order valence-corrected chi connectivity index (χ4v) is 4.72. The van der Waals surface area contributed by atoms with Crippen LogP contribution in [0.5, 0.6) is 0 Å². The molecule has 0 aliphatic heterocycles. The first-order valence-corrected chi connectivity index (χ1v) is 13.3. The maximum absolute atomic E-state index is 13.4. The zero-order valence-corrected chi connectivity index (χ0v) is 22.5. The van der Waals surface area contributed by atoms with E-state index in [9.17, 15) is 20.0 Å². The number of rotatable bonds is 11. The summed E-state index contributed by atoms with van der Waals surface area (Å²) >= 11 is 0. The number of aliphatic hydroxyl groups is 1. The molecule has 2 unspecified atom stereocenters. The van der Waals surface area contributed by atoms with Crippen LogP contribution >= 0.6 is 0 Å². The van der Waals surface area contributed by atoms with E-state index in [-0.39, 0.29) is 30.4 Å². The van der Waals surface area contributed by atoms with E-state index in [2.05, 4.69) is 16.7 Å². The summed E-state index contributed by atoms with van der Waals surface area (Å²) in [6, 6.07) is 34.5. The molecule has 4 aromatic rings. The van der Waals surface area contributed by atoms with Gasteiger partial charge in [-0.15, -0.1) is 0 Å². The number of nitrogens with one attached hydrogen (secondary N) is 2. The van der Waals surface area contributed by atoms with E-state index in [4.69, 9.17) is 0 Å². The molecular weight excluding hydrogens is 498 g/mol. The molecule has 40 heavy (non-hydrogen) atoms. The molecule has 4 aromatic carbocycles. The van der Waals surface area contributed by atoms with Crippen molar-refractivity contribution in [3.8, 4) is 17.2 Å². The highest BCUT2D eigenvalue weighted by Gasteiger charge is 2.24. The Bertz CT molecular complexity index is 1460. The van der Waals surface area contributed by atoms with E-state index >= 15 is 0 Å². The molecule has 4 rings (SSSR count). The standard InChI is InChI=1S/C34H33N3O3/c1-24(39)36-22-26-10-12-29(13-11-26)30-14-16-31(17-15-30)34(40)37-33(20-25-6-3-2-4-7-25)32(23-38)19-27-8-5-9-28(18-27)21-35/h2-18,32-33,38H,19-20,22-23H2,1H3,(H,36,39)(H,37,40). The highest BCUT2D eigenvalue weighted by atomic mass is 16.3. The van der Waals surface area contributed by atoms with Gasteiger partial charge in [-0.2, -0.15) is 5.26 Å². The minimum Gasteiger partial charge on any atom is -0.396 e. The third-order valence-corrected chi connectivity index (χ3v) is 6.95. The van der Waals surface area contributed by atoms with E-state index in [0.29, 0.717) is 30.5 Å². The first kappa shape index (κ1) is 28.3. The molecule has 0 radical (unpaired) electrons. The summed E-state index contributed by atoms with van der Waals surface area (Å²) in [5.41, 5.74) is 6.12. The summed E-state index contributed by atoms with van der Waals surface area (Å²) in [4.78, 5) is 24.5. The van der Waals surface area contributed by atoms with Crippen LogP contribution < -0.4 is 10.6 Å². The molecule has 0 aromatic heterocycles. The second kappa shape index (κ2) is 13.9. The summed E-state index contributed by atoms with van der Waals surface area (Å²) in [5, 5.41) is 25.6. The van der Waals surface area contributed by atoms with E-state index in [1.165, 1.54) is 6.92 Å². The van der Waals surface area contributed by atoms with Gasteiger partial charge in [-0.25, -0.2) is 0 Å². The fraction of sp³-hybridized carbons (Fsp3) is 0.206. The van der Waals surface area contributed by atoms with Gasteiger partial charge in [-0.1, -0.05) is 78.9 Å². The van der Waals surface area contributed by atoms with Crippen LogP contribution in [0.4, 0.5) is 0 Å². The Morgan fingerprint density at radius 2 is 1.45 bits per heavy atom. The number of nitriles is 1. The maximum Gasteiger partial charge on any atom is 0.251 e. The molecule has 6 nitrogen and oxygen atoms in total. The van der Waals surface area contributed by atoms with Crippen molar-refractivity contribution in [2.45, 2.75) is 32.4 Å². The first-order chi connectivity index (χ1) is 19.4. The van der Waals surface area contributed by atoms with Crippen molar-refractivity contribution in [1.29, 1.82) is 5.26 Å². The molecule has 3 N–H and O–H groups in total. The molecule has 0 heterocycles. The van der Waals surface area contributed by atoms with Gasteiger partial charge < -0.3 is 15.7 Å². The molecule has 0 spiro atoms. The lowest BCUT2D eigenvalue weighted by molar-refractivity contribution is -0.119. The van der Waals surface area contributed by atoms with Crippen LogP contribution in [0.25, 0.3) is 11.1 Å². The average molecular weight is 532 g/mol. The number of hydrogen-bond acceptors (Lipinski definition) is 4. The number of benzene rings is 4. The lowest BCUT2D eigenvalue weighted by Crippen LogP contribution is -2.44. The van der Waals surface area contributed by atoms with Gasteiger partial charge in [-0.05, 0) is 64.9 Å². The minimum atomic E-state index is -0.318. The van der Waals surface area contributed by atoms with Crippen LogP contribution in [0.15, 0.2) is 103 Å². The van der Waals surface area contributed by atoms with Gasteiger partial charge in [-0.3, -0.25) is 9.59 Å². The molecule has 0 fully saturated rings. The Hall–Kier alpha value is -4.73. The van der Waals surface area contributed by atoms with Gasteiger partial charge in [0.05, 0.1) is 11.6 Å². The normalized spacial score (nSPS) is 12.1. The number of hydrogen-bond donors (Lipinski definition) is 3. The monoisotopic (exact) mass is 531 g/mol. The second-order valence-electron chi connectivity index (χ2n) is 9.91. The summed E-state index contributed by atoms with van der Waals surface area (Å²) in [6.45, 7) is 1.87.